The minimum Gasteiger partial charge on any atom is -0.344 e. The first kappa shape index (κ1) is 32.6. The zero-order valence-electron chi connectivity index (χ0n) is 22.3. The fraction of sp³-hybridized carbons (Fsp3) is 0.241. The molecule has 1 aromatic rings. The molecule has 2 heterocycles. The molecule has 0 aliphatic carbocycles. The normalized spacial score (nSPS) is 15.2. The van der Waals surface area contributed by atoms with Gasteiger partial charge in [0.05, 0.1) is 21.5 Å². The monoisotopic (exact) mass is 590 g/mol. The van der Waals surface area contributed by atoms with Crippen molar-refractivity contribution in [3.8, 4) is 0 Å². The minimum atomic E-state index is -4.69. The van der Waals surface area contributed by atoms with Gasteiger partial charge in [-0.25, -0.2) is 4.98 Å². The topological polar surface area (TPSA) is 83.5 Å². The predicted molar refractivity (Wildman–Crippen MR) is 158 cm³/mol. The summed E-state index contributed by atoms with van der Waals surface area (Å²) in [5.74, 6) is -1.34. The molecule has 0 bridgehead atoms. The molecular weight excluding hydrogens is 561 g/mol. The number of carbonyl (C=O) groups is 2. The van der Waals surface area contributed by atoms with Crippen molar-refractivity contribution in [1.29, 1.82) is 0 Å². The number of hydrogen-bond acceptors (Lipinski definition) is 5. The van der Waals surface area contributed by atoms with Crippen LogP contribution in [0.2, 0.25) is 5.02 Å². The van der Waals surface area contributed by atoms with Gasteiger partial charge in [-0.1, -0.05) is 73.0 Å². The van der Waals surface area contributed by atoms with Gasteiger partial charge in [-0.05, 0) is 56.9 Å². The molecule has 0 spiro atoms. The first-order valence-electron chi connectivity index (χ1n) is 12.1. The summed E-state index contributed by atoms with van der Waals surface area (Å²) in [5.41, 5.74) is 0.585. The first-order valence-corrected chi connectivity index (χ1v) is 13.3. The third-order valence-corrected chi connectivity index (χ3v) is 6.81. The van der Waals surface area contributed by atoms with Crippen LogP contribution in [0.5, 0.6) is 0 Å². The second kappa shape index (κ2) is 15.2. The summed E-state index contributed by atoms with van der Waals surface area (Å²) < 4.78 is 39.4. The minimum absolute atomic E-state index is 0.171. The van der Waals surface area contributed by atoms with E-state index in [1.165, 1.54) is 6.21 Å². The van der Waals surface area contributed by atoms with Crippen LogP contribution >= 0.6 is 23.4 Å². The highest BCUT2D eigenvalue weighted by molar-refractivity contribution is 8.07. The molecule has 0 unspecified atom stereocenters. The average Bonchev–Trinajstić information content (AvgIpc) is 2.89. The number of thioether (sulfide) groups is 1. The maximum absolute atomic E-state index is 13.1. The Morgan fingerprint density at radius 2 is 1.98 bits per heavy atom. The Bertz CT molecular complexity index is 1340. The van der Waals surface area contributed by atoms with Crippen molar-refractivity contribution in [1.82, 2.24) is 10.3 Å². The van der Waals surface area contributed by atoms with Crippen LogP contribution < -0.4 is 10.6 Å². The Morgan fingerprint density at radius 3 is 2.62 bits per heavy atom. The molecule has 2 N–H and O–H groups in total. The van der Waals surface area contributed by atoms with Crippen molar-refractivity contribution in [3.63, 3.8) is 0 Å². The van der Waals surface area contributed by atoms with E-state index in [9.17, 15) is 22.8 Å². The summed E-state index contributed by atoms with van der Waals surface area (Å²) in [7, 11) is 0. The molecule has 0 saturated heterocycles. The Balaban J connectivity index is 2.04. The molecule has 0 radical (unpaired) electrons. The zero-order valence-corrected chi connectivity index (χ0v) is 23.9. The molecule has 1 atom stereocenters. The molecule has 40 heavy (non-hydrogen) atoms. The number of alkyl halides is 3. The van der Waals surface area contributed by atoms with Crippen LogP contribution in [0.25, 0.3) is 0 Å². The van der Waals surface area contributed by atoms with E-state index in [0.29, 0.717) is 29.4 Å². The summed E-state index contributed by atoms with van der Waals surface area (Å²) in [6, 6.07) is 0.199. The Labute approximate surface area is 241 Å². The molecule has 6 nitrogen and oxygen atoms in total. The number of anilines is 1. The largest absolute Gasteiger partial charge is 0.418 e. The second-order valence-electron chi connectivity index (χ2n) is 8.47. The maximum Gasteiger partial charge on any atom is 0.418 e. The molecule has 2 rings (SSSR count). The van der Waals surface area contributed by atoms with Crippen molar-refractivity contribution in [2.24, 2.45) is 4.99 Å². The van der Waals surface area contributed by atoms with Gasteiger partial charge in [0.15, 0.2) is 0 Å². The summed E-state index contributed by atoms with van der Waals surface area (Å²) >= 11 is 6.70. The number of amides is 2. The SMILES string of the molecule is C=C(/C=C\C)/C=C\CC(=C)/C=C(\N=C/C)C(=O)N[C@H](C)C1=CCC=C(C(=O)Nc2cc(C(F)(F)F)c(Cl)cn2)S1. The fourth-order valence-electron chi connectivity index (χ4n) is 3.32. The highest BCUT2D eigenvalue weighted by atomic mass is 35.5. The van der Waals surface area contributed by atoms with Crippen molar-refractivity contribution in [2.75, 3.05) is 5.32 Å². The highest BCUT2D eigenvalue weighted by Gasteiger charge is 2.34. The van der Waals surface area contributed by atoms with Gasteiger partial charge < -0.3 is 10.6 Å². The molecule has 1 aromatic heterocycles. The van der Waals surface area contributed by atoms with Gasteiger partial charge in [0.2, 0.25) is 0 Å². The first-order chi connectivity index (χ1) is 18.8. The van der Waals surface area contributed by atoms with Crippen LogP contribution in [0.3, 0.4) is 0 Å². The zero-order chi connectivity index (χ0) is 29.9. The number of nitrogens with zero attached hydrogens (tertiary/aromatic N) is 2. The predicted octanol–water partition coefficient (Wildman–Crippen LogP) is 7.71. The van der Waals surface area contributed by atoms with Crippen molar-refractivity contribution >= 4 is 47.2 Å². The van der Waals surface area contributed by atoms with Crippen LogP contribution in [0.4, 0.5) is 19.0 Å². The quantitative estimate of drug-likeness (QED) is 0.157. The number of aromatic nitrogens is 1. The highest BCUT2D eigenvalue weighted by Crippen LogP contribution is 2.36. The molecule has 11 heteroatoms. The standard InChI is InChI=1S/C29H30ClF3N4O2S/c1-6-10-18(3)11-8-12-19(4)15-23(34-7-2)27(38)36-20(5)24-13-9-14-25(40-24)28(39)37-26-16-21(29(31,32)33)22(30)17-35-26/h6-8,10-11,13-17,20H,3-4,9,12H2,1-2,5H3,(H,36,38)(H,35,37,39)/b10-6-,11-8-,23-15-,34-7-/t20-/m1/s1. The number of carbonyl (C=O) groups excluding carboxylic acids is 2. The Kier molecular flexibility index (Phi) is 12.4. The van der Waals surface area contributed by atoms with E-state index in [0.717, 1.165) is 23.5 Å². The molecule has 0 fully saturated rings. The average molecular weight is 591 g/mol. The van der Waals surface area contributed by atoms with E-state index in [1.54, 1.807) is 26.0 Å². The lowest BCUT2D eigenvalue weighted by Crippen LogP contribution is -2.34. The third-order valence-electron chi connectivity index (χ3n) is 5.18. The van der Waals surface area contributed by atoms with Crippen LogP contribution in [0, 0.1) is 0 Å². The van der Waals surface area contributed by atoms with E-state index < -0.39 is 34.6 Å². The van der Waals surface area contributed by atoms with Crippen LogP contribution in [-0.4, -0.2) is 29.1 Å². The van der Waals surface area contributed by atoms with Gasteiger partial charge in [-0.15, -0.1) is 0 Å². The van der Waals surface area contributed by atoms with E-state index in [1.807, 2.05) is 37.3 Å². The molecular formula is C29H30ClF3N4O2S. The molecule has 0 aromatic carbocycles. The number of pyridine rings is 1. The number of nitrogens with one attached hydrogen (secondary N) is 2. The van der Waals surface area contributed by atoms with Gasteiger partial charge in [0.25, 0.3) is 11.8 Å². The van der Waals surface area contributed by atoms with Crippen LogP contribution in [-0.2, 0) is 15.8 Å². The molecule has 2 amide bonds. The fourth-order valence-corrected chi connectivity index (χ4v) is 4.53. The summed E-state index contributed by atoms with van der Waals surface area (Å²) in [4.78, 5) is 34.6. The van der Waals surface area contributed by atoms with Gasteiger partial charge >= 0.3 is 6.18 Å². The third kappa shape index (κ3) is 10.2. The van der Waals surface area contributed by atoms with E-state index in [4.69, 9.17) is 11.6 Å². The van der Waals surface area contributed by atoms with Crippen LogP contribution in [0.1, 0.15) is 39.2 Å². The molecule has 0 saturated carbocycles. The number of halogens is 4. The lowest BCUT2D eigenvalue weighted by molar-refractivity contribution is -0.137. The lowest BCUT2D eigenvalue weighted by atomic mass is 10.1. The van der Waals surface area contributed by atoms with Crippen LogP contribution in [0.15, 0.2) is 99.6 Å². The Morgan fingerprint density at radius 1 is 1.25 bits per heavy atom. The lowest BCUT2D eigenvalue weighted by Gasteiger charge is -2.21. The van der Waals surface area contributed by atoms with Crippen molar-refractivity contribution in [3.05, 3.63) is 105 Å². The van der Waals surface area contributed by atoms with E-state index in [2.05, 4.69) is 33.8 Å². The number of rotatable bonds is 11. The van der Waals surface area contributed by atoms with Gasteiger partial charge in [0, 0.05) is 17.3 Å². The van der Waals surface area contributed by atoms with Gasteiger partial charge in [-0.3, -0.25) is 14.6 Å². The summed E-state index contributed by atoms with van der Waals surface area (Å²) in [5, 5.41) is 4.67. The summed E-state index contributed by atoms with van der Waals surface area (Å²) in [6.45, 7) is 13.2. The second-order valence-corrected chi connectivity index (χ2v) is 9.99. The van der Waals surface area contributed by atoms with E-state index in [-0.39, 0.29) is 16.4 Å². The smallest absolute Gasteiger partial charge is 0.344 e. The summed E-state index contributed by atoms with van der Waals surface area (Å²) in [6.07, 6.45) is 11.1. The van der Waals surface area contributed by atoms with E-state index >= 15 is 0 Å². The molecule has 1 aliphatic heterocycles. The molecule has 1 aliphatic rings. The van der Waals surface area contributed by atoms with Gasteiger partial charge in [-0.2, -0.15) is 13.2 Å². The van der Waals surface area contributed by atoms with Crippen molar-refractivity contribution < 1.29 is 22.8 Å². The number of allylic oxidation sites excluding steroid dienone is 9. The number of hydrogen-bond donors (Lipinski definition) is 2. The number of aliphatic imine (C=N–C) groups is 1. The maximum atomic E-state index is 13.1. The van der Waals surface area contributed by atoms with Gasteiger partial charge in [0.1, 0.15) is 11.5 Å². The molecule has 212 valence electrons. The Hall–Kier alpha value is -3.63. The van der Waals surface area contributed by atoms with Crippen molar-refractivity contribution in [2.45, 2.75) is 45.8 Å².